The van der Waals surface area contributed by atoms with E-state index in [2.05, 4.69) is 25.5 Å². The number of para-hydroxylation sites is 2. The van der Waals surface area contributed by atoms with Crippen LogP contribution in [0.25, 0.3) is 21.9 Å². The Morgan fingerprint density at radius 1 is 1.04 bits per heavy atom. The van der Waals surface area contributed by atoms with Gasteiger partial charge in [-0.25, -0.2) is 10.4 Å². The van der Waals surface area contributed by atoms with E-state index in [9.17, 15) is 4.79 Å². The Bertz CT molecular complexity index is 1210. The first-order chi connectivity index (χ1) is 13.3. The molecular weight excluding hydrogens is 346 g/mol. The molecule has 134 valence electrons. The average molecular weight is 361 g/mol. The lowest BCUT2D eigenvalue weighted by atomic mass is 10.1. The third kappa shape index (κ3) is 2.86. The summed E-state index contributed by atoms with van der Waals surface area (Å²) in [4.78, 5) is 22.6. The van der Waals surface area contributed by atoms with Gasteiger partial charge in [0.15, 0.2) is 11.5 Å². The predicted octanol–water partition coefficient (Wildman–Crippen LogP) is 2.62. The summed E-state index contributed by atoms with van der Waals surface area (Å²) >= 11 is 0. The maximum atomic E-state index is 12.3. The molecule has 4 aromatic rings. The van der Waals surface area contributed by atoms with Gasteiger partial charge < -0.3 is 19.4 Å². The van der Waals surface area contributed by atoms with Crippen molar-refractivity contribution in [3.05, 3.63) is 58.4 Å². The van der Waals surface area contributed by atoms with Crippen LogP contribution >= 0.6 is 0 Å². The minimum absolute atomic E-state index is 0.241. The van der Waals surface area contributed by atoms with Crippen molar-refractivity contribution in [1.82, 2.24) is 15.0 Å². The number of anilines is 1. The van der Waals surface area contributed by atoms with E-state index in [1.54, 1.807) is 12.1 Å². The number of fused-ring (bicyclic) bond motifs is 3. The molecule has 0 saturated carbocycles. The van der Waals surface area contributed by atoms with E-state index in [1.807, 2.05) is 30.3 Å². The van der Waals surface area contributed by atoms with Crippen LogP contribution in [0.2, 0.25) is 0 Å². The number of nitrogens with one attached hydrogen (secondary N) is 3. The summed E-state index contributed by atoms with van der Waals surface area (Å²) in [5.41, 5.74) is 5.42. The van der Waals surface area contributed by atoms with E-state index in [4.69, 9.17) is 9.47 Å². The van der Waals surface area contributed by atoms with Gasteiger partial charge in [-0.3, -0.25) is 4.79 Å². The molecule has 0 aliphatic carbocycles. The van der Waals surface area contributed by atoms with Crippen LogP contribution in [0.4, 0.5) is 5.95 Å². The molecule has 8 heteroatoms. The van der Waals surface area contributed by atoms with Gasteiger partial charge in [-0.05, 0) is 24.3 Å². The van der Waals surface area contributed by atoms with Crippen LogP contribution in [0, 0.1) is 0 Å². The molecule has 0 spiro atoms. The summed E-state index contributed by atoms with van der Waals surface area (Å²) in [5.74, 6) is 1.81. The van der Waals surface area contributed by atoms with E-state index in [-0.39, 0.29) is 5.56 Å². The molecule has 0 atom stereocenters. The van der Waals surface area contributed by atoms with Crippen LogP contribution in [0.1, 0.15) is 5.56 Å². The Labute approximate surface area is 152 Å². The number of rotatable bonds is 3. The van der Waals surface area contributed by atoms with Gasteiger partial charge in [0.25, 0.3) is 5.56 Å². The average Bonchev–Trinajstić information content (AvgIpc) is 3.10. The van der Waals surface area contributed by atoms with E-state index in [1.165, 1.54) is 6.21 Å². The van der Waals surface area contributed by atoms with E-state index >= 15 is 0 Å². The third-order valence-corrected chi connectivity index (χ3v) is 4.30. The Hall–Kier alpha value is -3.81. The second kappa shape index (κ2) is 6.17. The highest BCUT2D eigenvalue weighted by Crippen LogP contribution is 2.33. The molecule has 0 amide bonds. The van der Waals surface area contributed by atoms with Gasteiger partial charge in [-0.1, -0.05) is 12.1 Å². The van der Waals surface area contributed by atoms with Gasteiger partial charge in [0.2, 0.25) is 5.95 Å². The maximum absolute atomic E-state index is 12.3. The summed E-state index contributed by atoms with van der Waals surface area (Å²) in [6, 6.07) is 13.1. The van der Waals surface area contributed by atoms with E-state index in [0.29, 0.717) is 41.7 Å². The lowest BCUT2D eigenvalue weighted by Crippen LogP contribution is -2.16. The summed E-state index contributed by atoms with van der Waals surface area (Å²) in [7, 11) is 0. The fourth-order valence-electron chi connectivity index (χ4n) is 3.02. The van der Waals surface area contributed by atoms with Crippen molar-refractivity contribution >= 4 is 34.1 Å². The quantitative estimate of drug-likeness (QED) is 0.384. The largest absolute Gasteiger partial charge is 0.486 e. The minimum atomic E-state index is -0.241. The second-order valence-electron chi connectivity index (χ2n) is 6.11. The van der Waals surface area contributed by atoms with Gasteiger partial charge in [0.1, 0.15) is 13.2 Å². The van der Waals surface area contributed by atoms with Crippen molar-refractivity contribution in [2.24, 2.45) is 5.10 Å². The number of pyridine rings is 1. The molecule has 2 aromatic carbocycles. The molecule has 1 aliphatic rings. The SMILES string of the molecule is O=c1[nH]c2cc3c(cc2cc1/C=N\Nc1nc2ccccc2[nH]1)OCCO3. The first kappa shape index (κ1) is 15.4. The molecule has 0 saturated heterocycles. The van der Waals surface area contributed by atoms with E-state index in [0.717, 1.165) is 16.4 Å². The number of hydrogen-bond acceptors (Lipinski definition) is 6. The molecule has 0 unspecified atom stereocenters. The number of H-pyrrole nitrogens is 2. The zero-order valence-corrected chi connectivity index (χ0v) is 14.2. The fraction of sp³-hybridized carbons (Fsp3) is 0.105. The Morgan fingerprint density at radius 2 is 1.85 bits per heavy atom. The molecule has 5 rings (SSSR count). The standard InChI is InChI=1S/C19H15N5O3/c25-18-12(10-20-24-19-22-13-3-1-2-4-14(13)23-19)7-11-8-16-17(9-15(11)21-18)27-6-5-26-16/h1-4,7-10H,5-6H2,(H,21,25)(H2,22,23,24)/b20-10-. The normalized spacial score (nSPS) is 13.5. The van der Waals surface area contributed by atoms with Crippen molar-refractivity contribution in [2.75, 3.05) is 18.6 Å². The molecule has 3 heterocycles. The number of aromatic nitrogens is 3. The van der Waals surface area contributed by atoms with Crippen molar-refractivity contribution in [2.45, 2.75) is 0 Å². The van der Waals surface area contributed by atoms with Gasteiger partial charge in [0.05, 0.1) is 28.3 Å². The molecule has 0 bridgehead atoms. The van der Waals surface area contributed by atoms with E-state index < -0.39 is 0 Å². The predicted molar refractivity (Wildman–Crippen MR) is 103 cm³/mol. The molecule has 3 N–H and O–H groups in total. The smallest absolute Gasteiger partial charge is 0.257 e. The molecule has 2 aromatic heterocycles. The first-order valence-corrected chi connectivity index (χ1v) is 8.47. The first-order valence-electron chi connectivity index (χ1n) is 8.47. The zero-order chi connectivity index (χ0) is 18.2. The summed E-state index contributed by atoms with van der Waals surface area (Å²) in [6.45, 7) is 1.01. The third-order valence-electron chi connectivity index (χ3n) is 4.30. The minimum Gasteiger partial charge on any atom is -0.486 e. The number of hydrogen-bond donors (Lipinski definition) is 3. The fourth-order valence-corrected chi connectivity index (χ4v) is 3.02. The monoisotopic (exact) mass is 361 g/mol. The summed E-state index contributed by atoms with van der Waals surface area (Å²) < 4.78 is 11.1. The lowest BCUT2D eigenvalue weighted by molar-refractivity contribution is 0.172. The highest BCUT2D eigenvalue weighted by atomic mass is 16.6. The Balaban J connectivity index is 1.44. The molecule has 27 heavy (non-hydrogen) atoms. The van der Waals surface area contributed by atoms with Crippen molar-refractivity contribution in [3.8, 4) is 11.5 Å². The van der Waals surface area contributed by atoms with Crippen LogP contribution in [0.3, 0.4) is 0 Å². The number of ether oxygens (including phenoxy) is 2. The van der Waals surface area contributed by atoms with Crippen LogP contribution in [-0.4, -0.2) is 34.4 Å². The lowest BCUT2D eigenvalue weighted by Gasteiger charge is -2.18. The summed E-state index contributed by atoms with van der Waals surface area (Å²) in [6.07, 6.45) is 1.46. The molecule has 0 radical (unpaired) electrons. The molecular formula is C19H15N5O3. The van der Waals surface area contributed by atoms with Crippen LogP contribution in [-0.2, 0) is 0 Å². The topological polar surface area (TPSA) is 104 Å². The van der Waals surface area contributed by atoms with Crippen molar-refractivity contribution < 1.29 is 9.47 Å². The van der Waals surface area contributed by atoms with Gasteiger partial charge in [0, 0.05) is 11.5 Å². The second-order valence-corrected chi connectivity index (χ2v) is 6.11. The number of imidazole rings is 1. The highest BCUT2D eigenvalue weighted by molar-refractivity contribution is 5.89. The van der Waals surface area contributed by atoms with Crippen LogP contribution in [0.5, 0.6) is 11.5 Å². The Morgan fingerprint density at radius 3 is 2.70 bits per heavy atom. The van der Waals surface area contributed by atoms with Gasteiger partial charge in [-0.15, -0.1) is 0 Å². The number of hydrazone groups is 1. The number of aromatic amines is 2. The maximum Gasteiger partial charge on any atom is 0.257 e. The van der Waals surface area contributed by atoms with Gasteiger partial charge >= 0.3 is 0 Å². The highest BCUT2D eigenvalue weighted by Gasteiger charge is 2.13. The number of benzene rings is 2. The Kier molecular flexibility index (Phi) is 3.53. The van der Waals surface area contributed by atoms with Crippen LogP contribution in [0.15, 0.2) is 52.4 Å². The zero-order valence-electron chi connectivity index (χ0n) is 14.2. The molecule has 8 nitrogen and oxygen atoms in total. The van der Waals surface area contributed by atoms with Crippen molar-refractivity contribution in [3.63, 3.8) is 0 Å². The summed E-state index contributed by atoms with van der Waals surface area (Å²) in [5, 5.41) is 4.95. The number of nitrogens with zero attached hydrogens (tertiary/aromatic N) is 2. The van der Waals surface area contributed by atoms with Crippen LogP contribution < -0.4 is 20.5 Å². The molecule has 1 aliphatic heterocycles. The van der Waals surface area contributed by atoms with Crippen molar-refractivity contribution in [1.29, 1.82) is 0 Å². The van der Waals surface area contributed by atoms with Gasteiger partial charge in [-0.2, -0.15) is 5.10 Å². The molecule has 0 fully saturated rings.